The van der Waals surface area contributed by atoms with E-state index in [1.165, 1.54) is 22.6 Å². The third kappa shape index (κ3) is 6.43. The van der Waals surface area contributed by atoms with Crippen molar-refractivity contribution in [3.05, 3.63) is 64.9 Å². The molecule has 8 nitrogen and oxygen atoms in total. The Balaban J connectivity index is 1.30. The molecule has 1 aliphatic rings. The normalized spacial score (nSPS) is 16.4. The number of benzene rings is 1. The SMILES string of the molecule is Cn1nccc1C(c1ccccc1)N1CCN(CCc2csc(NC(=O)OC(C)(C)C)n2)CC1. The highest BCUT2D eigenvalue weighted by molar-refractivity contribution is 7.13. The predicted octanol–water partition coefficient (Wildman–Crippen LogP) is 4.17. The van der Waals surface area contributed by atoms with Gasteiger partial charge in [0, 0.05) is 57.8 Å². The second kappa shape index (κ2) is 10.7. The van der Waals surface area contributed by atoms with Crippen LogP contribution in [0.15, 0.2) is 48.0 Å². The lowest BCUT2D eigenvalue weighted by Crippen LogP contribution is -2.48. The summed E-state index contributed by atoms with van der Waals surface area (Å²) in [7, 11) is 2.02. The lowest BCUT2D eigenvalue weighted by Gasteiger charge is -2.39. The Hall–Kier alpha value is -2.75. The highest BCUT2D eigenvalue weighted by Gasteiger charge is 2.28. The maximum Gasteiger partial charge on any atom is 0.413 e. The van der Waals surface area contributed by atoms with E-state index in [0.29, 0.717) is 5.13 Å². The average molecular weight is 483 g/mol. The zero-order valence-electron chi connectivity index (χ0n) is 20.4. The number of nitrogens with one attached hydrogen (secondary N) is 1. The molecule has 3 aromatic rings. The first-order chi connectivity index (χ1) is 16.3. The third-order valence-electron chi connectivity index (χ3n) is 5.87. The van der Waals surface area contributed by atoms with Crippen molar-refractivity contribution in [2.75, 3.05) is 38.0 Å². The number of anilines is 1. The van der Waals surface area contributed by atoms with Gasteiger partial charge < -0.3 is 9.64 Å². The van der Waals surface area contributed by atoms with E-state index in [2.05, 4.69) is 61.6 Å². The van der Waals surface area contributed by atoms with Gasteiger partial charge in [-0.25, -0.2) is 9.78 Å². The van der Waals surface area contributed by atoms with Crippen LogP contribution in [-0.4, -0.2) is 69.0 Å². The summed E-state index contributed by atoms with van der Waals surface area (Å²) >= 11 is 1.43. The predicted molar refractivity (Wildman–Crippen MR) is 135 cm³/mol. The van der Waals surface area contributed by atoms with Crippen molar-refractivity contribution in [1.82, 2.24) is 24.6 Å². The molecule has 34 heavy (non-hydrogen) atoms. The van der Waals surface area contributed by atoms with Crippen LogP contribution in [0.4, 0.5) is 9.93 Å². The summed E-state index contributed by atoms with van der Waals surface area (Å²) in [4.78, 5) is 21.5. The second-order valence-electron chi connectivity index (χ2n) is 9.59. The van der Waals surface area contributed by atoms with Crippen LogP contribution >= 0.6 is 11.3 Å². The van der Waals surface area contributed by atoms with Gasteiger partial charge in [-0.1, -0.05) is 30.3 Å². The van der Waals surface area contributed by atoms with Gasteiger partial charge in [0.15, 0.2) is 5.13 Å². The van der Waals surface area contributed by atoms with Crippen molar-refractivity contribution < 1.29 is 9.53 Å². The van der Waals surface area contributed by atoms with Crippen LogP contribution in [0.1, 0.15) is 43.8 Å². The number of rotatable bonds is 7. The molecule has 1 aliphatic heterocycles. The number of aryl methyl sites for hydroxylation is 1. The Morgan fingerprint density at radius 2 is 1.88 bits per heavy atom. The van der Waals surface area contributed by atoms with E-state index in [-0.39, 0.29) is 6.04 Å². The van der Waals surface area contributed by atoms with Gasteiger partial charge in [-0.3, -0.25) is 14.9 Å². The van der Waals surface area contributed by atoms with E-state index in [0.717, 1.165) is 44.8 Å². The molecule has 1 saturated heterocycles. The summed E-state index contributed by atoms with van der Waals surface area (Å²) < 4.78 is 7.28. The number of thiazole rings is 1. The second-order valence-corrected chi connectivity index (χ2v) is 10.4. The van der Waals surface area contributed by atoms with Crippen molar-refractivity contribution in [3.63, 3.8) is 0 Å². The summed E-state index contributed by atoms with van der Waals surface area (Å²) in [5, 5.41) is 9.73. The van der Waals surface area contributed by atoms with E-state index in [1.54, 1.807) is 0 Å². The summed E-state index contributed by atoms with van der Waals surface area (Å²) in [5.41, 5.74) is 2.98. The van der Waals surface area contributed by atoms with Crippen LogP contribution in [0.2, 0.25) is 0 Å². The maximum absolute atomic E-state index is 12.0. The van der Waals surface area contributed by atoms with Crippen molar-refractivity contribution in [2.45, 2.75) is 38.8 Å². The molecular formula is C25H34N6O2S. The summed E-state index contributed by atoms with van der Waals surface area (Å²) in [5.74, 6) is 0. The van der Waals surface area contributed by atoms with Crippen molar-refractivity contribution in [2.24, 2.45) is 7.05 Å². The fraction of sp³-hybridized carbons (Fsp3) is 0.480. The average Bonchev–Trinajstić information content (AvgIpc) is 3.42. The molecule has 1 fully saturated rings. The number of piperazine rings is 1. The molecule has 0 saturated carbocycles. The minimum absolute atomic E-state index is 0.205. The topological polar surface area (TPSA) is 75.5 Å². The maximum atomic E-state index is 12.0. The van der Waals surface area contributed by atoms with E-state index in [4.69, 9.17) is 4.74 Å². The first-order valence-corrected chi connectivity index (χ1v) is 12.6. The first kappa shape index (κ1) is 24.4. The third-order valence-corrected chi connectivity index (χ3v) is 6.68. The van der Waals surface area contributed by atoms with Crippen molar-refractivity contribution >= 4 is 22.6 Å². The van der Waals surface area contributed by atoms with Crippen LogP contribution in [0.25, 0.3) is 0 Å². The lowest BCUT2D eigenvalue weighted by molar-refractivity contribution is 0.0636. The van der Waals surface area contributed by atoms with E-state index in [9.17, 15) is 4.79 Å². The molecule has 1 aromatic carbocycles. The minimum Gasteiger partial charge on any atom is -0.444 e. The molecule has 1 amide bonds. The van der Waals surface area contributed by atoms with Gasteiger partial charge in [-0.2, -0.15) is 5.10 Å². The smallest absolute Gasteiger partial charge is 0.413 e. The molecule has 0 bridgehead atoms. The Bertz CT molecular complexity index is 1070. The van der Waals surface area contributed by atoms with Gasteiger partial charge in [-0.05, 0) is 32.4 Å². The van der Waals surface area contributed by atoms with Crippen LogP contribution in [0.3, 0.4) is 0 Å². The number of hydrogen-bond donors (Lipinski definition) is 1. The molecule has 4 rings (SSSR count). The van der Waals surface area contributed by atoms with Gasteiger partial charge in [0.2, 0.25) is 0 Å². The molecule has 1 unspecified atom stereocenters. The number of aromatic nitrogens is 3. The Morgan fingerprint density at radius 3 is 2.53 bits per heavy atom. The van der Waals surface area contributed by atoms with E-state index in [1.807, 2.05) is 44.1 Å². The van der Waals surface area contributed by atoms with Crippen LogP contribution in [0, 0.1) is 0 Å². The van der Waals surface area contributed by atoms with Gasteiger partial charge in [0.25, 0.3) is 0 Å². The molecular weight excluding hydrogens is 448 g/mol. The highest BCUT2D eigenvalue weighted by atomic mass is 32.1. The van der Waals surface area contributed by atoms with Crippen molar-refractivity contribution in [3.8, 4) is 0 Å². The fourth-order valence-corrected chi connectivity index (χ4v) is 4.97. The van der Waals surface area contributed by atoms with E-state index < -0.39 is 11.7 Å². The number of carbonyl (C=O) groups is 1. The number of hydrogen-bond acceptors (Lipinski definition) is 7. The standard InChI is InChI=1S/C25H34N6O2S/c1-25(2,3)33-24(32)28-23-27-20(18-34-23)11-13-30-14-16-31(17-15-30)22(19-8-6-5-7-9-19)21-10-12-26-29(21)4/h5-10,12,18,22H,11,13-17H2,1-4H3,(H,27,28,32). The first-order valence-electron chi connectivity index (χ1n) is 11.7. The molecule has 0 aliphatic carbocycles. The summed E-state index contributed by atoms with van der Waals surface area (Å²) in [6, 6.07) is 13.0. The minimum atomic E-state index is -0.525. The quantitative estimate of drug-likeness (QED) is 0.545. The molecule has 9 heteroatoms. The van der Waals surface area contributed by atoms with Gasteiger partial charge in [0.1, 0.15) is 5.60 Å². The molecule has 3 heterocycles. The highest BCUT2D eigenvalue weighted by Crippen LogP contribution is 2.29. The zero-order chi connectivity index (χ0) is 24.1. The molecule has 0 radical (unpaired) electrons. The number of ether oxygens (including phenoxy) is 1. The van der Waals surface area contributed by atoms with Gasteiger partial charge in [-0.15, -0.1) is 11.3 Å². The van der Waals surface area contributed by atoms with Gasteiger partial charge >= 0.3 is 6.09 Å². The summed E-state index contributed by atoms with van der Waals surface area (Å²) in [6.45, 7) is 10.5. The molecule has 1 N–H and O–H groups in total. The lowest BCUT2D eigenvalue weighted by atomic mass is 10.0. The molecule has 0 spiro atoms. The van der Waals surface area contributed by atoms with Gasteiger partial charge in [0.05, 0.1) is 17.4 Å². The monoisotopic (exact) mass is 482 g/mol. The number of carbonyl (C=O) groups excluding carboxylic acids is 1. The van der Waals surface area contributed by atoms with Crippen LogP contribution in [-0.2, 0) is 18.2 Å². The van der Waals surface area contributed by atoms with Crippen LogP contribution in [0.5, 0.6) is 0 Å². The zero-order valence-corrected chi connectivity index (χ0v) is 21.2. The van der Waals surface area contributed by atoms with Crippen LogP contribution < -0.4 is 5.32 Å². The fourth-order valence-electron chi connectivity index (χ4n) is 4.24. The molecule has 2 aromatic heterocycles. The Kier molecular flexibility index (Phi) is 7.65. The Morgan fingerprint density at radius 1 is 1.15 bits per heavy atom. The molecule has 1 atom stereocenters. The number of amides is 1. The Labute approximate surface area is 205 Å². The van der Waals surface area contributed by atoms with E-state index >= 15 is 0 Å². The largest absolute Gasteiger partial charge is 0.444 e. The number of nitrogens with zero attached hydrogens (tertiary/aromatic N) is 5. The van der Waals surface area contributed by atoms with Crippen molar-refractivity contribution in [1.29, 1.82) is 0 Å². The molecule has 182 valence electrons. The summed E-state index contributed by atoms with van der Waals surface area (Å²) in [6.07, 6.45) is 2.27.